The summed E-state index contributed by atoms with van der Waals surface area (Å²) in [5.74, 6) is 2.57. The highest BCUT2D eigenvalue weighted by atomic mass is 15.4. The van der Waals surface area contributed by atoms with E-state index in [2.05, 4.69) is 159 Å². The van der Waals surface area contributed by atoms with Gasteiger partial charge in [-0.15, -0.1) is 0 Å². The molecule has 1 aliphatic heterocycles. The molecule has 5 nitrogen and oxygen atoms in total. The summed E-state index contributed by atoms with van der Waals surface area (Å²) in [4.78, 5) is 14.8. The molecule has 4 aromatic carbocycles. The SMILES string of the molecule is Cc1cc(C)c(-n2ccc3c2-c2ccccc2C2CC=C(c4ccccc4N4c5nc(-c6ccccc6C)ncc5N(C)C4C)CC32)c(C)c1. The molecule has 248 valence electrons. The lowest BCUT2D eigenvalue weighted by atomic mass is 9.67. The van der Waals surface area contributed by atoms with Gasteiger partial charge in [0.1, 0.15) is 11.9 Å². The summed E-state index contributed by atoms with van der Waals surface area (Å²) in [7, 11) is 2.15. The van der Waals surface area contributed by atoms with E-state index in [-0.39, 0.29) is 6.17 Å². The molecule has 0 saturated carbocycles. The summed E-state index contributed by atoms with van der Waals surface area (Å²) < 4.78 is 2.48. The topological polar surface area (TPSA) is 37.2 Å². The van der Waals surface area contributed by atoms with Crippen molar-refractivity contribution in [1.29, 1.82) is 0 Å². The van der Waals surface area contributed by atoms with Crippen LogP contribution >= 0.6 is 0 Å². The van der Waals surface area contributed by atoms with Gasteiger partial charge in [-0.25, -0.2) is 9.97 Å². The Morgan fingerprint density at radius 3 is 2.18 bits per heavy atom. The van der Waals surface area contributed by atoms with E-state index in [1.807, 2.05) is 6.20 Å². The van der Waals surface area contributed by atoms with Gasteiger partial charge in [0.2, 0.25) is 0 Å². The van der Waals surface area contributed by atoms with Crippen molar-refractivity contribution in [2.24, 2.45) is 0 Å². The van der Waals surface area contributed by atoms with Crippen LogP contribution in [0.3, 0.4) is 0 Å². The van der Waals surface area contributed by atoms with Gasteiger partial charge in [-0.2, -0.15) is 0 Å². The van der Waals surface area contributed by atoms with Crippen LogP contribution in [0.4, 0.5) is 17.2 Å². The molecular formula is C45H43N5. The molecule has 3 heterocycles. The number of hydrogen-bond donors (Lipinski definition) is 0. The fraction of sp³-hybridized carbons (Fsp3) is 0.244. The van der Waals surface area contributed by atoms with E-state index >= 15 is 0 Å². The summed E-state index contributed by atoms with van der Waals surface area (Å²) in [5.41, 5.74) is 18.1. The third kappa shape index (κ3) is 4.59. The Morgan fingerprint density at radius 2 is 1.40 bits per heavy atom. The number of fused-ring (bicyclic) bond motifs is 7. The Balaban J connectivity index is 1.14. The van der Waals surface area contributed by atoms with Crippen LogP contribution in [0.5, 0.6) is 0 Å². The van der Waals surface area contributed by atoms with Crippen LogP contribution in [0.2, 0.25) is 0 Å². The Morgan fingerprint density at radius 1 is 0.700 bits per heavy atom. The third-order valence-electron chi connectivity index (χ3n) is 11.5. The number of rotatable bonds is 4. The van der Waals surface area contributed by atoms with Crippen LogP contribution in [0.15, 0.2) is 109 Å². The molecule has 6 aromatic rings. The molecule has 5 heteroatoms. The summed E-state index contributed by atoms with van der Waals surface area (Å²) in [6, 6.07) is 33.5. The summed E-state index contributed by atoms with van der Waals surface area (Å²) in [5, 5.41) is 0. The van der Waals surface area contributed by atoms with Gasteiger partial charge in [0, 0.05) is 29.9 Å². The molecule has 9 rings (SSSR count). The Kier molecular flexibility index (Phi) is 7.10. The van der Waals surface area contributed by atoms with Crippen molar-refractivity contribution in [2.45, 2.75) is 65.5 Å². The number of anilines is 3. The second kappa shape index (κ2) is 11.6. The van der Waals surface area contributed by atoms with Crippen molar-refractivity contribution in [3.05, 3.63) is 148 Å². The normalized spacial score (nSPS) is 19.1. The first-order valence-corrected chi connectivity index (χ1v) is 17.9. The van der Waals surface area contributed by atoms with E-state index in [0.717, 1.165) is 35.7 Å². The molecule has 2 aromatic heterocycles. The highest BCUT2D eigenvalue weighted by molar-refractivity contribution is 5.88. The van der Waals surface area contributed by atoms with Crippen LogP contribution in [-0.4, -0.2) is 27.7 Å². The lowest BCUT2D eigenvalue weighted by Gasteiger charge is -2.38. The standard InChI is InChI=1S/C45H43N5/c1-27-23-29(3)42(30(4)24-27)49-22-21-38-39-25-32(19-20-36(39)35-16-9-10-17-37(35)43(38)49)34-15-11-12-18-40(34)50-31(5)48(6)41-26-46-44(47-45(41)50)33-14-8-7-13-28(33)2/h7-19,21-24,26,31,36,39H,20,25H2,1-6H3. The lowest BCUT2D eigenvalue weighted by molar-refractivity contribution is 0.528. The van der Waals surface area contributed by atoms with Crippen molar-refractivity contribution in [2.75, 3.05) is 16.8 Å². The van der Waals surface area contributed by atoms with Crippen LogP contribution in [0, 0.1) is 27.7 Å². The van der Waals surface area contributed by atoms with Gasteiger partial charge in [-0.3, -0.25) is 0 Å². The second-order valence-electron chi connectivity index (χ2n) is 14.6. The molecule has 0 radical (unpaired) electrons. The molecule has 0 spiro atoms. The maximum Gasteiger partial charge on any atom is 0.162 e. The Hall–Kier alpha value is -5.42. The number of aryl methyl sites for hydroxylation is 4. The number of para-hydroxylation sites is 1. The number of benzene rings is 4. The van der Waals surface area contributed by atoms with Crippen LogP contribution < -0.4 is 9.80 Å². The molecular weight excluding hydrogens is 611 g/mol. The fourth-order valence-corrected chi connectivity index (χ4v) is 9.16. The minimum absolute atomic E-state index is 0.0905. The average Bonchev–Trinajstić information content (AvgIpc) is 3.66. The second-order valence-corrected chi connectivity index (χ2v) is 14.6. The molecule has 3 unspecified atom stereocenters. The molecule has 50 heavy (non-hydrogen) atoms. The zero-order valence-corrected chi connectivity index (χ0v) is 29.8. The molecule has 0 bridgehead atoms. The van der Waals surface area contributed by atoms with Gasteiger partial charge >= 0.3 is 0 Å². The number of nitrogens with zero attached hydrogens (tertiary/aromatic N) is 5. The van der Waals surface area contributed by atoms with E-state index < -0.39 is 0 Å². The van der Waals surface area contributed by atoms with E-state index in [1.165, 1.54) is 67.1 Å². The smallest absolute Gasteiger partial charge is 0.162 e. The predicted octanol–water partition coefficient (Wildman–Crippen LogP) is 10.8. The zero-order valence-electron chi connectivity index (χ0n) is 29.8. The first-order valence-electron chi connectivity index (χ1n) is 17.9. The van der Waals surface area contributed by atoms with Gasteiger partial charge in [-0.1, -0.05) is 90.5 Å². The van der Waals surface area contributed by atoms with Crippen molar-refractivity contribution in [3.63, 3.8) is 0 Å². The summed E-state index contributed by atoms with van der Waals surface area (Å²) in [6.45, 7) is 11.1. The minimum atomic E-state index is 0.0905. The van der Waals surface area contributed by atoms with E-state index in [4.69, 9.17) is 9.97 Å². The maximum absolute atomic E-state index is 5.25. The number of aromatic nitrogens is 3. The highest BCUT2D eigenvalue weighted by Crippen LogP contribution is 2.56. The molecule has 3 atom stereocenters. The monoisotopic (exact) mass is 653 g/mol. The summed E-state index contributed by atoms with van der Waals surface area (Å²) >= 11 is 0. The third-order valence-corrected chi connectivity index (χ3v) is 11.5. The molecule has 0 amide bonds. The first kappa shape index (κ1) is 30.6. The van der Waals surface area contributed by atoms with Crippen molar-refractivity contribution in [3.8, 4) is 28.3 Å². The molecule has 0 N–H and O–H groups in total. The molecule has 3 aliphatic rings. The highest BCUT2D eigenvalue weighted by Gasteiger charge is 2.40. The molecule has 0 saturated heterocycles. The van der Waals surface area contributed by atoms with Gasteiger partial charge < -0.3 is 14.4 Å². The fourth-order valence-electron chi connectivity index (χ4n) is 9.16. The Labute approximate surface area is 295 Å². The average molecular weight is 654 g/mol. The number of allylic oxidation sites excluding steroid dienone is 2. The van der Waals surface area contributed by atoms with E-state index in [0.29, 0.717) is 11.8 Å². The van der Waals surface area contributed by atoms with E-state index in [9.17, 15) is 0 Å². The van der Waals surface area contributed by atoms with E-state index in [1.54, 1.807) is 0 Å². The van der Waals surface area contributed by atoms with Gasteiger partial charge in [0.05, 0.1) is 23.3 Å². The molecule has 2 aliphatic carbocycles. The van der Waals surface area contributed by atoms with Crippen LogP contribution in [-0.2, 0) is 0 Å². The van der Waals surface area contributed by atoms with Gasteiger partial charge in [0.25, 0.3) is 0 Å². The molecule has 0 fully saturated rings. The van der Waals surface area contributed by atoms with Crippen molar-refractivity contribution in [1.82, 2.24) is 14.5 Å². The summed E-state index contributed by atoms with van der Waals surface area (Å²) in [6.07, 6.45) is 8.94. The largest absolute Gasteiger partial charge is 0.350 e. The van der Waals surface area contributed by atoms with Crippen LogP contribution in [0.25, 0.3) is 33.9 Å². The van der Waals surface area contributed by atoms with Gasteiger partial charge in [-0.05, 0) is 105 Å². The number of hydrogen-bond acceptors (Lipinski definition) is 4. The predicted molar refractivity (Wildman–Crippen MR) is 207 cm³/mol. The zero-order chi connectivity index (χ0) is 34.3. The van der Waals surface area contributed by atoms with Crippen molar-refractivity contribution < 1.29 is 0 Å². The minimum Gasteiger partial charge on any atom is -0.350 e. The maximum atomic E-state index is 5.25. The Bertz CT molecular complexity index is 2320. The van der Waals surface area contributed by atoms with Crippen LogP contribution in [0.1, 0.15) is 70.5 Å². The quantitative estimate of drug-likeness (QED) is 0.190. The van der Waals surface area contributed by atoms with Gasteiger partial charge in [0.15, 0.2) is 11.6 Å². The van der Waals surface area contributed by atoms with Crippen molar-refractivity contribution >= 4 is 22.8 Å². The first-order chi connectivity index (χ1) is 24.3. The lowest BCUT2D eigenvalue weighted by Crippen LogP contribution is -2.36.